The number of imide groups is 1. The number of nitriles is 1. The fourth-order valence-electron chi connectivity index (χ4n) is 7.85. The first-order valence-electron chi connectivity index (χ1n) is 16.5. The van der Waals surface area contributed by atoms with Crippen molar-refractivity contribution in [1.29, 1.82) is 5.26 Å². The quantitative estimate of drug-likeness (QED) is 0.310. The number of hydrogen-bond acceptors (Lipinski definition) is 8. The van der Waals surface area contributed by atoms with Crippen LogP contribution in [0.25, 0.3) is 0 Å². The van der Waals surface area contributed by atoms with Gasteiger partial charge in [0.25, 0.3) is 5.91 Å². The van der Waals surface area contributed by atoms with Gasteiger partial charge in [0, 0.05) is 73.8 Å². The molecule has 1 aliphatic carbocycles. The molecule has 12 heteroatoms. The summed E-state index contributed by atoms with van der Waals surface area (Å²) < 4.78 is 21.3. The molecule has 3 fully saturated rings. The van der Waals surface area contributed by atoms with Crippen molar-refractivity contribution >= 4 is 35.1 Å². The third-order valence-electron chi connectivity index (χ3n) is 10.2. The highest BCUT2D eigenvalue weighted by atomic mass is 35.5. The van der Waals surface area contributed by atoms with Crippen LogP contribution >= 0.6 is 11.6 Å². The molecule has 0 radical (unpaired) electrons. The number of halogens is 2. The number of ether oxygens (including phenoxy) is 1. The lowest BCUT2D eigenvalue weighted by Gasteiger charge is -2.63. The molecule has 256 valence electrons. The van der Waals surface area contributed by atoms with Gasteiger partial charge in [-0.15, -0.1) is 0 Å². The van der Waals surface area contributed by atoms with E-state index in [4.69, 9.17) is 21.6 Å². The van der Waals surface area contributed by atoms with Gasteiger partial charge < -0.3 is 15.0 Å². The zero-order chi connectivity index (χ0) is 35.1. The molecule has 2 N–H and O–H groups in total. The summed E-state index contributed by atoms with van der Waals surface area (Å²) in [5.41, 5.74) is 1.25. The summed E-state index contributed by atoms with van der Waals surface area (Å²) in [7, 11) is 0. The monoisotopic (exact) mass is 686 g/mol. The van der Waals surface area contributed by atoms with E-state index in [0.29, 0.717) is 40.4 Å². The number of rotatable bonds is 8. The van der Waals surface area contributed by atoms with Crippen LogP contribution in [0.4, 0.5) is 10.2 Å². The molecule has 3 amide bonds. The summed E-state index contributed by atoms with van der Waals surface area (Å²) >= 11 is 6.22. The Hall–Kier alpha value is -4.53. The van der Waals surface area contributed by atoms with Gasteiger partial charge in [-0.3, -0.25) is 24.6 Å². The molecule has 10 nitrogen and oxygen atoms in total. The Balaban J connectivity index is 1.01. The highest BCUT2D eigenvalue weighted by Crippen LogP contribution is 2.55. The molecule has 2 aliphatic heterocycles. The number of benzene rings is 2. The first-order chi connectivity index (χ1) is 23.3. The number of nitrogens with one attached hydrogen (secondary N) is 2. The molecule has 2 saturated heterocycles. The molecule has 3 aliphatic rings. The van der Waals surface area contributed by atoms with E-state index >= 15 is 0 Å². The Morgan fingerprint density at radius 1 is 1.08 bits per heavy atom. The van der Waals surface area contributed by atoms with Gasteiger partial charge in [-0.05, 0) is 42.3 Å². The first kappa shape index (κ1) is 34.3. The second-order valence-corrected chi connectivity index (χ2v) is 14.7. The Kier molecular flexibility index (Phi) is 9.40. The summed E-state index contributed by atoms with van der Waals surface area (Å²) in [6, 6.07) is 15.6. The summed E-state index contributed by atoms with van der Waals surface area (Å²) in [4.78, 5) is 46.0. The normalized spacial score (nSPS) is 23.2. The predicted molar refractivity (Wildman–Crippen MR) is 183 cm³/mol. The molecule has 3 aromatic rings. The molecule has 1 saturated carbocycles. The number of piperazine rings is 1. The van der Waals surface area contributed by atoms with Crippen LogP contribution in [0.2, 0.25) is 5.02 Å². The van der Waals surface area contributed by atoms with Crippen LogP contribution in [0.3, 0.4) is 0 Å². The molecule has 49 heavy (non-hydrogen) atoms. The Morgan fingerprint density at radius 3 is 2.43 bits per heavy atom. The largest absolute Gasteiger partial charge is 0.489 e. The highest BCUT2D eigenvalue weighted by molar-refractivity contribution is 6.31. The van der Waals surface area contributed by atoms with Crippen LogP contribution in [0.5, 0.6) is 5.75 Å². The number of aromatic nitrogens is 1. The summed E-state index contributed by atoms with van der Waals surface area (Å²) in [6.45, 7) is 11.8. The molecule has 6 rings (SSSR count). The summed E-state index contributed by atoms with van der Waals surface area (Å²) in [6.07, 6.45) is 1.92. The topological polar surface area (TPSA) is 128 Å². The molecule has 1 unspecified atom stereocenters. The van der Waals surface area contributed by atoms with Crippen molar-refractivity contribution in [2.45, 2.75) is 65.1 Å². The van der Waals surface area contributed by atoms with E-state index in [-0.39, 0.29) is 41.2 Å². The van der Waals surface area contributed by atoms with Crippen molar-refractivity contribution < 1.29 is 23.5 Å². The summed E-state index contributed by atoms with van der Waals surface area (Å²) in [5, 5.41) is 15.0. The van der Waals surface area contributed by atoms with E-state index in [1.165, 1.54) is 6.07 Å². The van der Waals surface area contributed by atoms with E-state index in [9.17, 15) is 18.8 Å². The van der Waals surface area contributed by atoms with Crippen LogP contribution in [0.15, 0.2) is 54.7 Å². The number of anilines is 1. The first-order valence-corrected chi connectivity index (χ1v) is 16.9. The molecular weight excluding hydrogens is 647 g/mol. The van der Waals surface area contributed by atoms with E-state index in [0.717, 1.165) is 37.6 Å². The molecule has 1 aromatic heterocycles. The number of piperidine rings is 1. The van der Waals surface area contributed by atoms with Crippen molar-refractivity contribution in [2.24, 2.45) is 10.8 Å². The van der Waals surface area contributed by atoms with Gasteiger partial charge in [0.1, 0.15) is 29.6 Å². The summed E-state index contributed by atoms with van der Waals surface area (Å²) in [5.74, 6) is -0.674. The van der Waals surface area contributed by atoms with Crippen LogP contribution in [-0.4, -0.2) is 65.9 Å². The maximum Gasteiger partial charge on any atom is 0.253 e. The van der Waals surface area contributed by atoms with Gasteiger partial charge in [-0.2, -0.15) is 5.26 Å². The number of carbonyl (C=O) groups is 3. The minimum Gasteiger partial charge on any atom is -0.489 e. The smallest absolute Gasteiger partial charge is 0.253 e. The number of pyridine rings is 1. The zero-order valence-electron chi connectivity index (χ0n) is 28.1. The predicted octanol–water partition coefficient (Wildman–Crippen LogP) is 5.20. The minimum absolute atomic E-state index is 0.166. The molecule has 0 spiro atoms. The number of amides is 3. The van der Waals surface area contributed by atoms with Gasteiger partial charge in [0.15, 0.2) is 0 Å². The molecule has 1 atom stereocenters. The lowest BCUT2D eigenvalue weighted by atomic mass is 9.49. The van der Waals surface area contributed by atoms with Gasteiger partial charge in [-0.1, -0.05) is 51.4 Å². The van der Waals surface area contributed by atoms with Crippen LogP contribution in [-0.2, 0) is 16.1 Å². The molecular formula is C37H40ClFN6O4. The zero-order valence-corrected chi connectivity index (χ0v) is 28.8. The van der Waals surface area contributed by atoms with Crippen LogP contribution in [0.1, 0.15) is 73.5 Å². The third kappa shape index (κ3) is 6.85. The van der Waals surface area contributed by atoms with E-state index in [2.05, 4.69) is 59.2 Å². The van der Waals surface area contributed by atoms with Crippen molar-refractivity contribution in [3.8, 4) is 11.8 Å². The van der Waals surface area contributed by atoms with Crippen molar-refractivity contribution in [1.82, 2.24) is 20.5 Å². The average molecular weight is 687 g/mol. The fourth-order valence-corrected chi connectivity index (χ4v) is 8.07. The second-order valence-electron chi connectivity index (χ2n) is 14.3. The highest BCUT2D eigenvalue weighted by Gasteiger charge is 2.64. The Labute approximate surface area is 290 Å². The van der Waals surface area contributed by atoms with Gasteiger partial charge in [-0.25, -0.2) is 9.37 Å². The van der Waals surface area contributed by atoms with E-state index in [1.54, 1.807) is 36.5 Å². The van der Waals surface area contributed by atoms with Crippen LogP contribution < -0.4 is 20.3 Å². The minimum atomic E-state index is -0.648. The SMILES string of the molecule is CC1(C)C(NC(=O)c2ccc(N3CCN(Cc4ccc(C5CCC(=O)NC5=O)c(F)c4)CC3)nc2)C(C)(C)C1Oc1ccc(C#N)c(Cl)c1. The van der Waals surface area contributed by atoms with E-state index < -0.39 is 17.6 Å². The Morgan fingerprint density at radius 2 is 1.82 bits per heavy atom. The van der Waals surface area contributed by atoms with Crippen molar-refractivity contribution in [3.05, 3.63) is 87.8 Å². The number of nitrogens with zero attached hydrogens (tertiary/aromatic N) is 4. The lowest BCUT2D eigenvalue weighted by molar-refractivity contribution is -0.164. The second kappa shape index (κ2) is 13.4. The lowest BCUT2D eigenvalue weighted by Crippen LogP contribution is -2.74. The Bertz CT molecular complexity index is 1800. The molecule has 3 heterocycles. The standard InChI is InChI=1S/C37H40ClFN6O4/c1-36(2)34(37(3,4)35(36)49-25-8-6-23(19-40)28(38)18-25)43-32(47)24-7-11-30(41-20-24)45-15-13-44(14-16-45)21-22-5-9-26(29(39)17-22)27-10-12-31(46)42-33(27)48/h5-9,11,17-18,20,27,34-35H,10,12-16,21H2,1-4H3,(H,43,47)(H,42,46,48). The van der Waals surface area contributed by atoms with Gasteiger partial charge in [0.05, 0.1) is 22.1 Å². The molecule has 2 aromatic carbocycles. The van der Waals surface area contributed by atoms with Crippen LogP contribution in [0, 0.1) is 28.0 Å². The molecule has 0 bridgehead atoms. The van der Waals surface area contributed by atoms with Gasteiger partial charge >= 0.3 is 0 Å². The van der Waals surface area contributed by atoms with Crippen molar-refractivity contribution in [2.75, 3.05) is 31.1 Å². The number of carbonyl (C=O) groups excluding carboxylic acids is 3. The maximum absolute atomic E-state index is 15.0. The van der Waals surface area contributed by atoms with Gasteiger partial charge in [0.2, 0.25) is 11.8 Å². The number of hydrogen-bond donors (Lipinski definition) is 2. The van der Waals surface area contributed by atoms with Crippen molar-refractivity contribution in [3.63, 3.8) is 0 Å². The average Bonchev–Trinajstić information content (AvgIpc) is 3.07. The third-order valence-corrected chi connectivity index (χ3v) is 10.5. The van der Waals surface area contributed by atoms with E-state index in [1.807, 2.05) is 12.1 Å². The fraction of sp³-hybridized carbons (Fsp3) is 0.432. The maximum atomic E-state index is 15.0.